The summed E-state index contributed by atoms with van der Waals surface area (Å²) in [6.07, 6.45) is 1.73. The predicted octanol–water partition coefficient (Wildman–Crippen LogP) is 1.24. The highest BCUT2D eigenvalue weighted by atomic mass is 35.5. The van der Waals surface area contributed by atoms with Crippen LogP contribution in [0.15, 0.2) is 6.33 Å². The van der Waals surface area contributed by atoms with Gasteiger partial charge in [0.1, 0.15) is 5.52 Å². The van der Waals surface area contributed by atoms with E-state index in [2.05, 4.69) is 26.8 Å². The molecule has 2 aromatic heterocycles. The first-order valence-electron chi connectivity index (χ1n) is 5.86. The van der Waals surface area contributed by atoms with Crippen molar-refractivity contribution in [3.8, 4) is 0 Å². The van der Waals surface area contributed by atoms with Crippen molar-refractivity contribution in [3.63, 3.8) is 0 Å². The summed E-state index contributed by atoms with van der Waals surface area (Å²) in [6.45, 7) is 4.30. The molecule has 0 N–H and O–H groups in total. The fraction of sp³-hybridized carbons (Fsp3) is 0.545. The van der Waals surface area contributed by atoms with E-state index in [-0.39, 0.29) is 11.3 Å². The van der Waals surface area contributed by atoms with Gasteiger partial charge in [0.15, 0.2) is 11.5 Å². The quantitative estimate of drug-likeness (QED) is 0.728. The number of aromatic nitrogens is 4. The van der Waals surface area contributed by atoms with Gasteiger partial charge in [0.25, 0.3) is 0 Å². The van der Waals surface area contributed by atoms with Crippen LogP contribution in [-0.4, -0.2) is 45.3 Å². The van der Waals surface area contributed by atoms with Crippen molar-refractivity contribution < 1.29 is 4.74 Å². The number of ether oxygens (including phenoxy) is 1. The van der Waals surface area contributed by atoms with Crippen LogP contribution in [0.1, 0.15) is 6.92 Å². The summed E-state index contributed by atoms with van der Waals surface area (Å²) in [5.74, 6) is 0.834. The second kappa shape index (κ2) is 4.37. The maximum atomic E-state index is 5.97. The van der Waals surface area contributed by atoms with E-state index in [0.717, 1.165) is 17.9 Å². The molecule has 0 aliphatic carbocycles. The van der Waals surface area contributed by atoms with Crippen LogP contribution in [0, 0.1) is 0 Å². The molecule has 96 valence electrons. The number of imidazole rings is 1. The number of aryl methyl sites for hydroxylation is 1. The van der Waals surface area contributed by atoms with Gasteiger partial charge in [-0.05, 0) is 18.5 Å². The summed E-state index contributed by atoms with van der Waals surface area (Å²) >= 11 is 5.97. The Hall–Kier alpha value is -1.40. The Morgan fingerprint density at radius 3 is 3.06 bits per heavy atom. The number of fused-ring (bicyclic) bond motifs is 1. The molecule has 1 aliphatic rings. The SMILES string of the molecule is C[C@@H]1COCCN1c1nc(Cl)nc2ncn(C)c12. The molecule has 0 radical (unpaired) electrons. The van der Waals surface area contributed by atoms with Gasteiger partial charge in [-0.3, -0.25) is 0 Å². The zero-order valence-electron chi connectivity index (χ0n) is 10.3. The minimum atomic E-state index is 0.231. The average Bonchev–Trinajstić information content (AvgIpc) is 2.71. The number of anilines is 1. The minimum absolute atomic E-state index is 0.231. The first kappa shape index (κ1) is 11.7. The Morgan fingerprint density at radius 2 is 2.28 bits per heavy atom. The molecule has 6 nitrogen and oxygen atoms in total. The topological polar surface area (TPSA) is 56.1 Å². The van der Waals surface area contributed by atoms with Crippen LogP contribution < -0.4 is 4.90 Å². The summed E-state index contributed by atoms with van der Waals surface area (Å²) < 4.78 is 7.37. The molecule has 1 atom stereocenters. The summed E-state index contributed by atoms with van der Waals surface area (Å²) in [6, 6.07) is 0.266. The van der Waals surface area contributed by atoms with Crippen molar-refractivity contribution >= 4 is 28.6 Å². The van der Waals surface area contributed by atoms with Gasteiger partial charge < -0.3 is 14.2 Å². The fourth-order valence-corrected chi connectivity index (χ4v) is 2.41. The molecule has 2 aromatic rings. The van der Waals surface area contributed by atoms with Crippen LogP contribution in [0.4, 0.5) is 5.82 Å². The van der Waals surface area contributed by atoms with Crippen LogP contribution in [0.25, 0.3) is 11.2 Å². The van der Waals surface area contributed by atoms with Gasteiger partial charge in [0, 0.05) is 13.6 Å². The Morgan fingerprint density at radius 1 is 1.44 bits per heavy atom. The third-order valence-electron chi connectivity index (χ3n) is 3.17. The van der Waals surface area contributed by atoms with Crippen LogP contribution in [0.5, 0.6) is 0 Å². The Kier molecular flexibility index (Phi) is 2.83. The molecule has 3 rings (SSSR count). The molecule has 0 bridgehead atoms. The summed E-state index contributed by atoms with van der Waals surface area (Å²) in [5, 5.41) is 0.231. The van der Waals surface area contributed by atoms with E-state index in [0.29, 0.717) is 18.9 Å². The van der Waals surface area contributed by atoms with Crippen molar-refractivity contribution in [2.24, 2.45) is 7.05 Å². The van der Waals surface area contributed by atoms with Crippen molar-refractivity contribution in [3.05, 3.63) is 11.6 Å². The van der Waals surface area contributed by atoms with Crippen LogP contribution >= 0.6 is 11.6 Å². The summed E-state index contributed by atoms with van der Waals surface area (Å²) in [4.78, 5) is 14.9. The molecule has 1 aliphatic heterocycles. The Bertz CT molecular complexity index is 584. The predicted molar refractivity (Wildman–Crippen MR) is 68.9 cm³/mol. The van der Waals surface area contributed by atoms with E-state index in [4.69, 9.17) is 16.3 Å². The highest BCUT2D eigenvalue weighted by molar-refractivity contribution is 6.28. The first-order valence-corrected chi connectivity index (χ1v) is 6.23. The smallest absolute Gasteiger partial charge is 0.226 e. The molecule has 3 heterocycles. The lowest BCUT2D eigenvalue weighted by atomic mass is 10.2. The number of hydrogen-bond donors (Lipinski definition) is 0. The van der Waals surface area contributed by atoms with Crippen molar-refractivity contribution in [1.82, 2.24) is 19.5 Å². The zero-order valence-corrected chi connectivity index (χ0v) is 11.1. The summed E-state index contributed by atoms with van der Waals surface area (Å²) in [5.41, 5.74) is 1.54. The lowest BCUT2D eigenvalue weighted by Crippen LogP contribution is -2.44. The normalized spacial score (nSPS) is 20.6. The Balaban J connectivity index is 2.17. The molecule has 1 saturated heterocycles. The lowest BCUT2D eigenvalue weighted by Gasteiger charge is -2.34. The standard InChI is InChI=1S/C11H14ClN5O/c1-7-5-18-4-3-17(7)10-8-9(13-6-16(8)2)14-11(12)15-10/h6-7H,3-5H2,1-2H3/t7-/m1/s1. The second-order valence-corrected chi connectivity index (χ2v) is 4.80. The van der Waals surface area contributed by atoms with Gasteiger partial charge in [-0.2, -0.15) is 9.97 Å². The zero-order chi connectivity index (χ0) is 12.7. The van der Waals surface area contributed by atoms with Crippen molar-refractivity contribution in [2.75, 3.05) is 24.7 Å². The molecule has 0 spiro atoms. The van der Waals surface area contributed by atoms with Gasteiger partial charge >= 0.3 is 0 Å². The number of nitrogens with zero attached hydrogens (tertiary/aromatic N) is 5. The van der Waals surface area contributed by atoms with Gasteiger partial charge in [0.05, 0.1) is 25.6 Å². The molecule has 1 fully saturated rings. The van der Waals surface area contributed by atoms with Crippen molar-refractivity contribution in [1.29, 1.82) is 0 Å². The van der Waals surface area contributed by atoms with Gasteiger partial charge in [-0.25, -0.2) is 4.98 Å². The number of hydrogen-bond acceptors (Lipinski definition) is 5. The van der Waals surface area contributed by atoms with Crippen LogP contribution in [0.2, 0.25) is 5.28 Å². The lowest BCUT2D eigenvalue weighted by molar-refractivity contribution is 0.0986. The number of rotatable bonds is 1. The largest absolute Gasteiger partial charge is 0.377 e. The maximum Gasteiger partial charge on any atom is 0.226 e. The highest BCUT2D eigenvalue weighted by Crippen LogP contribution is 2.26. The van der Waals surface area contributed by atoms with Crippen LogP contribution in [-0.2, 0) is 11.8 Å². The third-order valence-corrected chi connectivity index (χ3v) is 3.33. The van der Waals surface area contributed by atoms with E-state index in [1.807, 2.05) is 11.6 Å². The number of morpholine rings is 1. The van der Waals surface area contributed by atoms with Gasteiger partial charge in [-0.15, -0.1) is 0 Å². The third kappa shape index (κ3) is 1.81. The van der Waals surface area contributed by atoms with E-state index < -0.39 is 0 Å². The van der Waals surface area contributed by atoms with E-state index in [1.165, 1.54) is 0 Å². The van der Waals surface area contributed by atoms with Crippen LogP contribution in [0.3, 0.4) is 0 Å². The maximum absolute atomic E-state index is 5.97. The van der Waals surface area contributed by atoms with E-state index >= 15 is 0 Å². The average molecular weight is 268 g/mol. The molecule has 0 unspecified atom stereocenters. The number of halogens is 1. The molecule has 0 saturated carbocycles. The van der Waals surface area contributed by atoms with Crippen molar-refractivity contribution in [2.45, 2.75) is 13.0 Å². The summed E-state index contributed by atoms with van der Waals surface area (Å²) in [7, 11) is 1.93. The van der Waals surface area contributed by atoms with E-state index in [1.54, 1.807) is 6.33 Å². The van der Waals surface area contributed by atoms with Gasteiger partial charge in [0.2, 0.25) is 5.28 Å². The fourth-order valence-electron chi connectivity index (χ4n) is 2.25. The molecular formula is C11H14ClN5O. The molecule has 7 heteroatoms. The first-order chi connectivity index (χ1) is 8.66. The Labute approximate surface area is 110 Å². The van der Waals surface area contributed by atoms with Gasteiger partial charge in [-0.1, -0.05) is 0 Å². The molecular weight excluding hydrogens is 254 g/mol. The monoisotopic (exact) mass is 267 g/mol. The minimum Gasteiger partial charge on any atom is -0.377 e. The highest BCUT2D eigenvalue weighted by Gasteiger charge is 2.24. The van der Waals surface area contributed by atoms with E-state index in [9.17, 15) is 0 Å². The molecule has 0 aromatic carbocycles. The second-order valence-electron chi connectivity index (χ2n) is 4.46. The molecule has 18 heavy (non-hydrogen) atoms. The molecule has 0 amide bonds.